The lowest BCUT2D eigenvalue weighted by Gasteiger charge is -2.40. The molecule has 0 spiro atoms. The molecule has 1 saturated carbocycles. The van der Waals surface area contributed by atoms with Crippen molar-refractivity contribution in [2.45, 2.75) is 65.5 Å². The van der Waals surface area contributed by atoms with E-state index in [1.165, 1.54) is 0 Å². The first-order chi connectivity index (χ1) is 11.4. The molecule has 6 nitrogen and oxygen atoms in total. The Labute approximate surface area is 169 Å². The number of carbonyl (C=O) groups is 1. The minimum atomic E-state index is 0. The van der Waals surface area contributed by atoms with Crippen molar-refractivity contribution in [2.75, 3.05) is 26.2 Å². The number of aliphatic imine (C=N–C) groups is 1. The summed E-state index contributed by atoms with van der Waals surface area (Å²) in [4.78, 5) is 16.2. The normalized spacial score (nSPS) is 24.2. The van der Waals surface area contributed by atoms with E-state index in [4.69, 9.17) is 4.74 Å². The molecule has 1 aliphatic heterocycles. The first-order valence-electron chi connectivity index (χ1n) is 9.33. The number of halogens is 1. The van der Waals surface area contributed by atoms with Crippen LogP contribution < -0.4 is 16.0 Å². The van der Waals surface area contributed by atoms with E-state index >= 15 is 0 Å². The molecule has 1 saturated heterocycles. The smallest absolute Gasteiger partial charge is 0.242 e. The average molecular weight is 466 g/mol. The largest absolute Gasteiger partial charge is 0.377 e. The molecule has 3 N–H and O–H groups in total. The Morgan fingerprint density at radius 2 is 1.92 bits per heavy atom. The highest BCUT2D eigenvalue weighted by atomic mass is 127. The molecule has 1 aliphatic carbocycles. The van der Waals surface area contributed by atoms with Crippen LogP contribution in [0.15, 0.2) is 4.99 Å². The van der Waals surface area contributed by atoms with Crippen molar-refractivity contribution < 1.29 is 9.53 Å². The molecular formula is C18H35IN4O2. The lowest BCUT2D eigenvalue weighted by atomic mass is 9.78. The summed E-state index contributed by atoms with van der Waals surface area (Å²) in [6.45, 7) is 11.4. The monoisotopic (exact) mass is 466 g/mol. The molecule has 1 amide bonds. The van der Waals surface area contributed by atoms with Crippen molar-refractivity contribution in [3.05, 3.63) is 0 Å². The van der Waals surface area contributed by atoms with Gasteiger partial charge in [0.25, 0.3) is 0 Å². The number of guanidine groups is 1. The first kappa shape index (κ1) is 22.5. The maximum atomic E-state index is 11.8. The van der Waals surface area contributed by atoms with E-state index < -0.39 is 0 Å². The zero-order valence-corrected chi connectivity index (χ0v) is 18.4. The van der Waals surface area contributed by atoms with E-state index in [1.54, 1.807) is 0 Å². The predicted octanol–water partition coefficient (Wildman–Crippen LogP) is 2.28. The van der Waals surface area contributed by atoms with E-state index in [0.717, 1.165) is 45.4 Å². The Bertz CT molecular complexity index is 447. The van der Waals surface area contributed by atoms with Crippen LogP contribution in [0.4, 0.5) is 0 Å². The number of hydrogen-bond acceptors (Lipinski definition) is 3. The van der Waals surface area contributed by atoms with Gasteiger partial charge in [-0.1, -0.05) is 20.8 Å². The number of ether oxygens (including phenoxy) is 1. The molecule has 2 fully saturated rings. The molecule has 0 aromatic heterocycles. The molecular weight excluding hydrogens is 431 g/mol. The third-order valence-electron chi connectivity index (χ3n) is 4.50. The van der Waals surface area contributed by atoms with Crippen LogP contribution >= 0.6 is 24.0 Å². The topological polar surface area (TPSA) is 74.8 Å². The summed E-state index contributed by atoms with van der Waals surface area (Å²) in [5.74, 6) is 1.17. The van der Waals surface area contributed by atoms with Crippen molar-refractivity contribution in [3.63, 3.8) is 0 Å². The van der Waals surface area contributed by atoms with Crippen LogP contribution in [0.2, 0.25) is 0 Å². The van der Waals surface area contributed by atoms with Gasteiger partial charge < -0.3 is 20.7 Å². The van der Waals surface area contributed by atoms with Gasteiger partial charge in [-0.2, -0.15) is 0 Å². The highest BCUT2D eigenvalue weighted by Crippen LogP contribution is 2.33. The van der Waals surface area contributed by atoms with Gasteiger partial charge in [-0.15, -0.1) is 24.0 Å². The fourth-order valence-electron chi connectivity index (χ4n) is 3.23. The van der Waals surface area contributed by atoms with Crippen LogP contribution in [0.25, 0.3) is 0 Å². The molecule has 0 bridgehead atoms. The van der Waals surface area contributed by atoms with Crippen molar-refractivity contribution in [1.29, 1.82) is 0 Å². The zero-order valence-electron chi connectivity index (χ0n) is 16.1. The van der Waals surface area contributed by atoms with E-state index in [0.29, 0.717) is 17.9 Å². The van der Waals surface area contributed by atoms with Gasteiger partial charge >= 0.3 is 0 Å². The Morgan fingerprint density at radius 1 is 1.20 bits per heavy atom. The van der Waals surface area contributed by atoms with Crippen molar-refractivity contribution in [1.82, 2.24) is 16.0 Å². The Kier molecular flexibility index (Phi) is 9.48. The molecule has 2 aliphatic rings. The summed E-state index contributed by atoms with van der Waals surface area (Å²) in [6.07, 6.45) is 4.72. The summed E-state index contributed by atoms with van der Waals surface area (Å²) >= 11 is 0. The molecule has 0 aromatic rings. The van der Waals surface area contributed by atoms with Crippen LogP contribution in [-0.2, 0) is 9.53 Å². The minimum absolute atomic E-state index is 0. The molecule has 2 atom stereocenters. The maximum absolute atomic E-state index is 11.8. The number of rotatable bonds is 6. The van der Waals surface area contributed by atoms with Crippen LogP contribution in [0, 0.1) is 11.3 Å². The second kappa shape index (κ2) is 10.5. The van der Waals surface area contributed by atoms with Crippen molar-refractivity contribution >= 4 is 35.8 Å². The summed E-state index contributed by atoms with van der Waals surface area (Å²) in [5.41, 5.74) is 0.131. The second-order valence-electron chi connectivity index (χ2n) is 7.98. The zero-order chi connectivity index (χ0) is 17.6. The molecule has 7 heteroatoms. The van der Waals surface area contributed by atoms with Gasteiger partial charge in [0, 0.05) is 31.7 Å². The van der Waals surface area contributed by atoms with Crippen molar-refractivity contribution in [2.24, 2.45) is 16.3 Å². The summed E-state index contributed by atoms with van der Waals surface area (Å²) in [6, 6.07) is 0.384. The standard InChI is InChI=1S/C18H34N4O2.HI/c1-5-19-17(21-12-15(23)22-14-8-9-14)20-11-13-7-6-10-24-16(13)18(2,3)4;/h13-14,16H,5-12H2,1-4H3,(H,22,23)(H2,19,20,21);1H. The summed E-state index contributed by atoms with van der Waals surface area (Å²) in [7, 11) is 0. The van der Waals surface area contributed by atoms with E-state index in [1.807, 2.05) is 6.92 Å². The molecule has 25 heavy (non-hydrogen) atoms. The van der Waals surface area contributed by atoms with Gasteiger partial charge in [0.2, 0.25) is 5.91 Å². The molecule has 1 heterocycles. The third kappa shape index (κ3) is 8.11. The van der Waals surface area contributed by atoms with Crippen molar-refractivity contribution in [3.8, 4) is 0 Å². The quantitative estimate of drug-likeness (QED) is 0.319. The third-order valence-corrected chi connectivity index (χ3v) is 4.50. The van der Waals surface area contributed by atoms with Gasteiger partial charge in [-0.05, 0) is 38.0 Å². The van der Waals surface area contributed by atoms with Gasteiger partial charge in [0.1, 0.15) is 6.54 Å². The fourth-order valence-corrected chi connectivity index (χ4v) is 3.23. The van der Waals surface area contributed by atoms with Gasteiger partial charge in [-0.3, -0.25) is 4.79 Å². The fraction of sp³-hybridized carbons (Fsp3) is 0.889. The van der Waals surface area contributed by atoms with E-state index in [9.17, 15) is 4.79 Å². The number of carbonyl (C=O) groups excluding carboxylic acids is 1. The number of nitrogens with one attached hydrogen (secondary N) is 3. The van der Waals surface area contributed by atoms with Gasteiger partial charge in [-0.25, -0.2) is 4.99 Å². The molecule has 0 radical (unpaired) electrons. The van der Waals surface area contributed by atoms with Crippen LogP contribution in [0.5, 0.6) is 0 Å². The Morgan fingerprint density at radius 3 is 2.52 bits per heavy atom. The molecule has 2 unspecified atom stereocenters. The SMILES string of the molecule is CCNC(=NCC(=O)NC1CC1)NCC1CCCOC1C(C)(C)C.I. The van der Waals surface area contributed by atoms with E-state index in [-0.39, 0.29) is 47.9 Å². The lowest BCUT2D eigenvalue weighted by Crippen LogP contribution is -2.47. The Hall–Kier alpha value is -0.570. The molecule has 2 rings (SSSR count). The highest BCUT2D eigenvalue weighted by molar-refractivity contribution is 14.0. The van der Waals surface area contributed by atoms with Gasteiger partial charge in [0.05, 0.1) is 6.10 Å². The highest BCUT2D eigenvalue weighted by Gasteiger charge is 2.35. The van der Waals surface area contributed by atoms with Crippen LogP contribution in [0.3, 0.4) is 0 Å². The maximum Gasteiger partial charge on any atom is 0.242 e. The van der Waals surface area contributed by atoms with Gasteiger partial charge in [0.15, 0.2) is 5.96 Å². The number of hydrogen-bond donors (Lipinski definition) is 3. The second-order valence-corrected chi connectivity index (χ2v) is 7.98. The average Bonchev–Trinajstić information content (AvgIpc) is 3.33. The molecule has 0 aromatic carbocycles. The Balaban J connectivity index is 0.00000312. The first-order valence-corrected chi connectivity index (χ1v) is 9.33. The minimum Gasteiger partial charge on any atom is -0.377 e. The molecule has 146 valence electrons. The summed E-state index contributed by atoms with van der Waals surface area (Å²) < 4.78 is 6.03. The van der Waals surface area contributed by atoms with Crippen LogP contribution in [0.1, 0.15) is 53.4 Å². The van der Waals surface area contributed by atoms with Crippen LogP contribution in [-0.4, -0.2) is 50.3 Å². The van der Waals surface area contributed by atoms with E-state index in [2.05, 4.69) is 41.7 Å². The lowest BCUT2D eigenvalue weighted by molar-refractivity contribution is -0.119. The number of nitrogens with zero attached hydrogens (tertiary/aromatic N) is 1. The number of amides is 1. The summed E-state index contributed by atoms with van der Waals surface area (Å²) in [5, 5.41) is 9.58. The predicted molar refractivity (Wildman–Crippen MR) is 112 cm³/mol.